The number of ether oxygens (including phenoxy) is 1. The number of benzene rings is 1. The fraction of sp³-hybridized carbons (Fsp3) is 0.522. The van der Waals surface area contributed by atoms with E-state index < -0.39 is 5.60 Å². The number of aromatic nitrogens is 2. The van der Waals surface area contributed by atoms with Crippen LogP contribution < -0.4 is 5.32 Å². The maximum atomic E-state index is 12.6. The van der Waals surface area contributed by atoms with Gasteiger partial charge in [0.2, 0.25) is 16.9 Å². The predicted octanol–water partition coefficient (Wildman–Crippen LogP) is 4.02. The Morgan fingerprint density at radius 3 is 2.47 bits per heavy atom. The van der Waals surface area contributed by atoms with E-state index in [1.807, 2.05) is 51.1 Å². The average Bonchev–Trinajstić information content (AvgIpc) is 3.07. The number of hydrogen-bond donors (Lipinski definition) is 1. The summed E-state index contributed by atoms with van der Waals surface area (Å²) in [6.07, 6.45) is 0.481. The van der Waals surface area contributed by atoms with Crippen LogP contribution in [0.15, 0.2) is 34.7 Å². The average molecular weight is 506 g/mol. The van der Waals surface area contributed by atoms with E-state index in [-0.39, 0.29) is 30.7 Å². The van der Waals surface area contributed by atoms with Crippen molar-refractivity contribution in [1.82, 2.24) is 20.0 Å². The second kappa shape index (κ2) is 12.2. The minimum absolute atomic E-state index is 0.0667. The maximum Gasteiger partial charge on any atom is 0.410 e. The molecule has 1 aromatic heterocycles. The SMILES string of the molecule is CC(C)(C)OC(=O)N1CCCN(C(=O)CCC(=O)Nc2nnc(SCc3ccccc3)s2)CC1. The molecule has 0 aliphatic carbocycles. The van der Waals surface area contributed by atoms with Crippen LogP contribution in [0.5, 0.6) is 0 Å². The lowest BCUT2D eigenvalue weighted by molar-refractivity contribution is -0.132. The van der Waals surface area contributed by atoms with Crippen molar-refractivity contribution in [2.75, 3.05) is 31.5 Å². The Balaban J connectivity index is 1.39. The molecule has 0 spiro atoms. The van der Waals surface area contributed by atoms with Gasteiger partial charge in [-0.3, -0.25) is 9.59 Å². The molecule has 0 unspecified atom stereocenters. The van der Waals surface area contributed by atoms with Gasteiger partial charge in [0.25, 0.3) is 0 Å². The first kappa shape index (κ1) is 26.0. The molecular weight excluding hydrogens is 474 g/mol. The molecule has 1 aliphatic heterocycles. The summed E-state index contributed by atoms with van der Waals surface area (Å²) in [5, 5.41) is 11.3. The minimum atomic E-state index is -0.555. The number of thioether (sulfide) groups is 1. The highest BCUT2D eigenvalue weighted by atomic mass is 32.2. The van der Waals surface area contributed by atoms with Crippen LogP contribution in [0.4, 0.5) is 9.93 Å². The first-order chi connectivity index (χ1) is 16.2. The molecule has 3 rings (SSSR count). The lowest BCUT2D eigenvalue weighted by atomic mass is 10.2. The van der Waals surface area contributed by atoms with Gasteiger partial charge in [0.05, 0.1) is 0 Å². The van der Waals surface area contributed by atoms with Crippen LogP contribution in [-0.4, -0.2) is 69.7 Å². The summed E-state index contributed by atoms with van der Waals surface area (Å²) >= 11 is 2.88. The highest BCUT2D eigenvalue weighted by Crippen LogP contribution is 2.28. The van der Waals surface area contributed by atoms with Crippen LogP contribution >= 0.6 is 23.1 Å². The van der Waals surface area contributed by atoms with Gasteiger partial charge in [-0.15, -0.1) is 10.2 Å². The number of nitrogens with zero attached hydrogens (tertiary/aromatic N) is 4. The normalized spacial score (nSPS) is 14.4. The van der Waals surface area contributed by atoms with Crippen LogP contribution in [0.2, 0.25) is 0 Å². The molecule has 2 heterocycles. The monoisotopic (exact) mass is 505 g/mol. The molecule has 3 amide bonds. The number of carbonyl (C=O) groups is 3. The molecule has 1 aliphatic rings. The Bertz CT molecular complexity index is 977. The van der Waals surface area contributed by atoms with Gasteiger partial charge in [0.15, 0.2) is 4.34 Å². The van der Waals surface area contributed by atoms with E-state index in [1.54, 1.807) is 21.6 Å². The summed E-state index contributed by atoms with van der Waals surface area (Å²) in [6.45, 7) is 7.43. The molecule has 9 nitrogen and oxygen atoms in total. The van der Waals surface area contributed by atoms with Gasteiger partial charge < -0.3 is 19.9 Å². The molecule has 0 saturated carbocycles. The molecule has 0 radical (unpaired) electrons. The zero-order chi connectivity index (χ0) is 24.6. The number of anilines is 1. The van der Waals surface area contributed by atoms with Gasteiger partial charge in [0, 0.05) is 44.8 Å². The van der Waals surface area contributed by atoms with Gasteiger partial charge in [-0.05, 0) is 32.8 Å². The second-order valence-corrected chi connectivity index (χ2v) is 11.1. The number of rotatable bonds is 7. The van der Waals surface area contributed by atoms with Crippen molar-refractivity contribution >= 4 is 46.1 Å². The van der Waals surface area contributed by atoms with Gasteiger partial charge in [-0.2, -0.15) is 0 Å². The summed E-state index contributed by atoms with van der Waals surface area (Å²) in [6, 6.07) is 10.1. The molecule has 0 bridgehead atoms. The van der Waals surface area contributed by atoms with E-state index in [0.717, 1.165) is 10.1 Å². The fourth-order valence-electron chi connectivity index (χ4n) is 3.27. The van der Waals surface area contributed by atoms with E-state index in [1.165, 1.54) is 16.9 Å². The molecule has 1 N–H and O–H groups in total. The first-order valence-corrected chi connectivity index (χ1v) is 13.1. The third kappa shape index (κ3) is 8.60. The summed E-state index contributed by atoms with van der Waals surface area (Å²) in [7, 11) is 0. The molecule has 1 saturated heterocycles. The first-order valence-electron chi connectivity index (χ1n) is 11.3. The lowest BCUT2D eigenvalue weighted by Crippen LogP contribution is -2.40. The van der Waals surface area contributed by atoms with Crippen LogP contribution in [0.1, 0.15) is 45.6 Å². The maximum absolute atomic E-state index is 12.6. The summed E-state index contributed by atoms with van der Waals surface area (Å²) < 4.78 is 6.20. The number of amides is 3. The molecule has 184 valence electrons. The van der Waals surface area contributed by atoms with Gasteiger partial charge in [0.1, 0.15) is 5.60 Å². The van der Waals surface area contributed by atoms with Crippen molar-refractivity contribution in [2.45, 2.75) is 55.7 Å². The Kier molecular flexibility index (Phi) is 9.28. The number of nitrogens with one attached hydrogen (secondary N) is 1. The van der Waals surface area contributed by atoms with Crippen molar-refractivity contribution in [3.63, 3.8) is 0 Å². The van der Waals surface area contributed by atoms with Crippen molar-refractivity contribution in [3.05, 3.63) is 35.9 Å². The second-order valence-electron chi connectivity index (χ2n) is 8.90. The van der Waals surface area contributed by atoms with E-state index >= 15 is 0 Å². The Hall–Kier alpha value is -2.66. The standard InChI is InChI=1S/C23H31N5O4S2/c1-23(2,3)32-22(31)28-13-7-12-27(14-15-28)19(30)11-10-18(29)24-20-25-26-21(34-20)33-16-17-8-5-4-6-9-17/h4-6,8-9H,7,10-16H2,1-3H3,(H,24,25,29). The predicted molar refractivity (Wildman–Crippen MR) is 133 cm³/mol. The molecule has 1 aromatic carbocycles. The van der Waals surface area contributed by atoms with Gasteiger partial charge in [-0.25, -0.2) is 4.79 Å². The smallest absolute Gasteiger partial charge is 0.410 e. The zero-order valence-corrected chi connectivity index (χ0v) is 21.4. The van der Waals surface area contributed by atoms with E-state index in [4.69, 9.17) is 4.74 Å². The highest BCUT2D eigenvalue weighted by molar-refractivity contribution is 8.00. The number of hydrogen-bond acceptors (Lipinski definition) is 8. The summed E-state index contributed by atoms with van der Waals surface area (Å²) in [5.41, 5.74) is 0.634. The van der Waals surface area contributed by atoms with Crippen molar-refractivity contribution in [1.29, 1.82) is 0 Å². The van der Waals surface area contributed by atoms with Gasteiger partial charge >= 0.3 is 6.09 Å². The molecule has 2 aromatic rings. The van der Waals surface area contributed by atoms with Crippen LogP contribution in [0.3, 0.4) is 0 Å². The largest absolute Gasteiger partial charge is 0.444 e. The van der Waals surface area contributed by atoms with Crippen LogP contribution in [-0.2, 0) is 20.1 Å². The molecule has 1 fully saturated rings. The summed E-state index contributed by atoms with van der Waals surface area (Å²) in [5.74, 6) is 0.408. The molecule has 0 atom stereocenters. The minimum Gasteiger partial charge on any atom is -0.444 e. The van der Waals surface area contributed by atoms with E-state index in [9.17, 15) is 14.4 Å². The third-order valence-electron chi connectivity index (χ3n) is 4.92. The van der Waals surface area contributed by atoms with Gasteiger partial charge in [-0.1, -0.05) is 53.4 Å². The Morgan fingerprint density at radius 2 is 1.74 bits per heavy atom. The molecule has 34 heavy (non-hydrogen) atoms. The highest BCUT2D eigenvalue weighted by Gasteiger charge is 2.26. The van der Waals surface area contributed by atoms with Crippen molar-refractivity contribution in [2.24, 2.45) is 0 Å². The number of carbonyl (C=O) groups excluding carboxylic acids is 3. The van der Waals surface area contributed by atoms with E-state index in [0.29, 0.717) is 37.7 Å². The quantitative estimate of drug-likeness (QED) is 0.448. The topological polar surface area (TPSA) is 105 Å². The zero-order valence-electron chi connectivity index (χ0n) is 19.8. The van der Waals surface area contributed by atoms with Crippen molar-refractivity contribution in [3.8, 4) is 0 Å². The van der Waals surface area contributed by atoms with Crippen LogP contribution in [0, 0.1) is 0 Å². The Morgan fingerprint density at radius 1 is 1.03 bits per heavy atom. The molecular formula is C23H31N5O4S2. The van der Waals surface area contributed by atoms with Crippen molar-refractivity contribution < 1.29 is 19.1 Å². The third-order valence-corrected chi connectivity index (χ3v) is 6.97. The Labute approximate surface area is 208 Å². The lowest BCUT2D eigenvalue weighted by Gasteiger charge is -2.26. The fourth-order valence-corrected chi connectivity index (χ4v) is 5.00. The summed E-state index contributed by atoms with van der Waals surface area (Å²) in [4.78, 5) is 40.6. The molecule has 11 heteroatoms. The van der Waals surface area contributed by atoms with E-state index in [2.05, 4.69) is 15.5 Å². The van der Waals surface area contributed by atoms with Crippen LogP contribution in [0.25, 0.3) is 0 Å².